The van der Waals surface area contributed by atoms with Crippen molar-refractivity contribution in [3.63, 3.8) is 0 Å². The van der Waals surface area contributed by atoms with Gasteiger partial charge in [-0.3, -0.25) is 19.3 Å². The number of amides is 1. The van der Waals surface area contributed by atoms with Crippen LogP contribution in [0.3, 0.4) is 0 Å². The summed E-state index contributed by atoms with van der Waals surface area (Å²) >= 11 is 2.58. The fraction of sp³-hybridized carbons (Fsp3) is 0.227. The van der Waals surface area contributed by atoms with E-state index in [0.29, 0.717) is 26.7 Å². The quantitative estimate of drug-likeness (QED) is 0.281. The van der Waals surface area contributed by atoms with Crippen molar-refractivity contribution >= 4 is 49.5 Å². The van der Waals surface area contributed by atoms with Crippen LogP contribution in [0.15, 0.2) is 52.8 Å². The van der Waals surface area contributed by atoms with E-state index >= 15 is 0 Å². The summed E-state index contributed by atoms with van der Waals surface area (Å²) in [5, 5.41) is 21.3. The number of nitrogens with zero attached hydrogens (tertiary/aromatic N) is 6. The average molecular weight is 514 g/mol. The number of benzene rings is 1. The van der Waals surface area contributed by atoms with Crippen molar-refractivity contribution < 1.29 is 9.00 Å². The second-order valence-corrected chi connectivity index (χ2v) is 12.0. The lowest BCUT2D eigenvalue weighted by molar-refractivity contribution is -0.113. The molecule has 3 aromatic heterocycles. The van der Waals surface area contributed by atoms with Crippen LogP contribution in [0.5, 0.6) is 0 Å². The minimum absolute atomic E-state index is 0.155. The zero-order valence-electron chi connectivity index (χ0n) is 18.9. The maximum absolute atomic E-state index is 12.5. The molecule has 0 fully saturated rings. The summed E-state index contributed by atoms with van der Waals surface area (Å²) in [5.41, 5.74) is 2.75. The normalized spacial score (nSPS) is 12.9. The molecule has 0 aliphatic heterocycles. The van der Waals surface area contributed by atoms with Gasteiger partial charge in [0.15, 0.2) is 11.0 Å². The Balaban J connectivity index is 1.39. The van der Waals surface area contributed by atoms with Gasteiger partial charge >= 0.3 is 0 Å². The van der Waals surface area contributed by atoms with Crippen LogP contribution in [0.1, 0.15) is 12.5 Å². The number of hydrogen-bond acceptors (Lipinski definition) is 9. The molecule has 1 aromatic carbocycles. The SMILES string of the molecule is C=S(C)(=O)c1ccc(-c2nnc(NC(=O)CSc3nnc(-c4cncc(C)c4)n3CC)s2)cc1. The molecular weight excluding hydrogens is 490 g/mol. The molecule has 1 unspecified atom stereocenters. The summed E-state index contributed by atoms with van der Waals surface area (Å²) in [7, 11) is -2.27. The van der Waals surface area contributed by atoms with Gasteiger partial charge in [-0.25, -0.2) is 0 Å². The molecule has 0 radical (unpaired) electrons. The Morgan fingerprint density at radius 2 is 1.91 bits per heavy atom. The first kappa shape index (κ1) is 24.0. The monoisotopic (exact) mass is 513 g/mol. The molecule has 4 aromatic rings. The van der Waals surface area contributed by atoms with Gasteiger partial charge in [-0.2, -0.15) is 0 Å². The van der Waals surface area contributed by atoms with Gasteiger partial charge in [0, 0.05) is 41.2 Å². The molecule has 9 nitrogen and oxygen atoms in total. The first-order chi connectivity index (χ1) is 16.2. The van der Waals surface area contributed by atoms with E-state index in [-0.39, 0.29) is 11.7 Å². The molecule has 1 atom stereocenters. The highest BCUT2D eigenvalue weighted by molar-refractivity contribution is 8.00. The molecule has 176 valence electrons. The maximum Gasteiger partial charge on any atom is 0.236 e. The van der Waals surface area contributed by atoms with Gasteiger partial charge < -0.3 is 4.57 Å². The Morgan fingerprint density at radius 3 is 2.59 bits per heavy atom. The summed E-state index contributed by atoms with van der Waals surface area (Å²) in [4.78, 5) is 17.4. The highest BCUT2D eigenvalue weighted by Gasteiger charge is 2.16. The van der Waals surface area contributed by atoms with Gasteiger partial charge in [-0.15, -0.1) is 20.4 Å². The van der Waals surface area contributed by atoms with Crippen LogP contribution in [0.4, 0.5) is 5.13 Å². The first-order valence-corrected chi connectivity index (χ1v) is 14.2. The molecule has 0 saturated heterocycles. The Kier molecular flexibility index (Phi) is 7.10. The van der Waals surface area contributed by atoms with Gasteiger partial charge in [0.05, 0.1) is 5.75 Å². The van der Waals surface area contributed by atoms with Crippen molar-refractivity contribution in [2.24, 2.45) is 0 Å². The molecule has 12 heteroatoms. The first-order valence-electron chi connectivity index (χ1n) is 10.3. The van der Waals surface area contributed by atoms with E-state index < -0.39 is 9.52 Å². The summed E-state index contributed by atoms with van der Waals surface area (Å²) < 4.78 is 14.0. The maximum atomic E-state index is 12.5. The lowest BCUT2D eigenvalue weighted by Crippen LogP contribution is -2.14. The molecule has 34 heavy (non-hydrogen) atoms. The number of rotatable bonds is 8. The highest BCUT2D eigenvalue weighted by Crippen LogP contribution is 2.28. The van der Waals surface area contributed by atoms with Gasteiger partial charge in [-0.05, 0) is 53.0 Å². The van der Waals surface area contributed by atoms with E-state index in [0.717, 1.165) is 22.5 Å². The fourth-order valence-corrected chi connectivity index (χ4v) is 5.41. The van der Waals surface area contributed by atoms with E-state index in [1.165, 1.54) is 23.1 Å². The largest absolute Gasteiger partial charge is 0.302 e. The lowest BCUT2D eigenvalue weighted by Gasteiger charge is -2.07. The second-order valence-electron chi connectivity index (χ2n) is 7.58. The van der Waals surface area contributed by atoms with Gasteiger partial charge in [-0.1, -0.05) is 35.2 Å². The third-order valence-electron chi connectivity index (χ3n) is 4.77. The topological polar surface area (TPSA) is 116 Å². The van der Waals surface area contributed by atoms with Gasteiger partial charge in [0.2, 0.25) is 11.0 Å². The van der Waals surface area contributed by atoms with Crippen molar-refractivity contribution in [1.82, 2.24) is 29.9 Å². The van der Waals surface area contributed by atoms with E-state index in [2.05, 4.69) is 36.6 Å². The van der Waals surface area contributed by atoms with Crippen LogP contribution in [0.25, 0.3) is 22.0 Å². The zero-order valence-corrected chi connectivity index (χ0v) is 21.3. The molecule has 0 bridgehead atoms. The number of hydrogen-bond donors (Lipinski definition) is 1. The van der Waals surface area contributed by atoms with Crippen molar-refractivity contribution in [2.45, 2.75) is 30.4 Å². The number of carbonyl (C=O) groups excluding carboxylic acids is 1. The van der Waals surface area contributed by atoms with E-state index in [4.69, 9.17) is 0 Å². The van der Waals surface area contributed by atoms with E-state index in [1.807, 2.05) is 36.6 Å². The number of pyridine rings is 1. The van der Waals surface area contributed by atoms with Crippen molar-refractivity contribution in [3.05, 3.63) is 48.3 Å². The average Bonchev–Trinajstić information content (AvgIpc) is 3.44. The molecule has 1 N–H and O–H groups in total. The molecule has 1 amide bonds. The van der Waals surface area contributed by atoms with Crippen LogP contribution in [-0.4, -0.2) is 57.9 Å². The van der Waals surface area contributed by atoms with Crippen LogP contribution < -0.4 is 5.32 Å². The Morgan fingerprint density at radius 1 is 1.15 bits per heavy atom. The van der Waals surface area contributed by atoms with Crippen molar-refractivity contribution in [3.8, 4) is 22.0 Å². The van der Waals surface area contributed by atoms with E-state index in [1.54, 1.807) is 30.8 Å². The third-order valence-corrected chi connectivity index (χ3v) is 7.89. The molecular formula is C22H23N7O2S3. The summed E-state index contributed by atoms with van der Waals surface area (Å²) in [6.07, 6.45) is 5.14. The molecule has 0 aliphatic rings. The summed E-state index contributed by atoms with van der Waals surface area (Å²) in [5.74, 6) is 4.35. The van der Waals surface area contributed by atoms with Crippen molar-refractivity contribution in [1.29, 1.82) is 0 Å². The minimum atomic E-state index is -2.27. The summed E-state index contributed by atoms with van der Waals surface area (Å²) in [6, 6.07) is 9.19. The van der Waals surface area contributed by atoms with Gasteiger partial charge in [0.25, 0.3) is 0 Å². The number of anilines is 1. The summed E-state index contributed by atoms with van der Waals surface area (Å²) in [6.45, 7) is 4.65. The molecule has 3 heterocycles. The molecule has 0 spiro atoms. The van der Waals surface area contributed by atoms with Crippen LogP contribution in [-0.2, 0) is 20.9 Å². The number of thioether (sulfide) groups is 1. The number of aromatic nitrogens is 6. The predicted molar refractivity (Wildman–Crippen MR) is 138 cm³/mol. The van der Waals surface area contributed by atoms with Crippen LogP contribution in [0, 0.1) is 6.92 Å². The highest BCUT2D eigenvalue weighted by atomic mass is 32.2. The van der Waals surface area contributed by atoms with Crippen LogP contribution >= 0.6 is 23.1 Å². The van der Waals surface area contributed by atoms with Crippen molar-refractivity contribution in [2.75, 3.05) is 17.3 Å². The molecule has 4 rings (SSSR count). The fourth-order valence-electron chi connectivity index (χ4n) is 3.13. The zero-order chi connectivity index (χ0) is 24.3. The second kappa shape index (κ2) is 10.0. The smallest absolute Gasteiger partial charge is 0.236 e. The van der Waals surface area contributed by atoms with Crippen LogP contribution in [0.2, 0.25) is 0 Å². The molecule has 0 saturated carbocycles. The standard InChI is InChI=1S/C22H23N7O2S3/c1-5-29-19(16-10-14(2)11-23-12-16)25-28-22(29)32-13-18(30)24-21-27-26-20(33-21)15-6-8-17(9-7-15)34(3,4)31/h6-12H,3,5,13H2,1-2,4H3,(H,24,27,30). The number of nitrogens with one attached hydrogen (secondary N) is 1. The Bertz CT molecular complexity index is 1430. The molecule has 0 aliphatic carbocycles. The third kappa shape index (κ3) is 5.51. The number of aryl methyl sites for hydroxylation is 1. The Labute approximate surface area is 206 Å². The van der Waals surface area contributed by atoms with E-state index in [9.17, 15) is 9.00 Å². The number of carbonyl (C=O) groups is 1. The predicted octanol–water partition coefficient (Wildman–Crippen LogP) is 3.62. The Hall–Kier alpha value is -3.09. The minimum Gasteiger partial charge on any atom is -0.302 e. The lowest BCUT2D eigenvalue weighted by atomic mass is 10.2. The van der Waals surface area contributed by atoms with Gasteiger partial charge in [0.1, 0.15) is 5.01 Å².